The molecule has 1 aromatic heterocycles. The smallest absolute Gasteiger partial charge is 0.0956 e. The fourth-order valence-electron chi connectivity index (χ4n) is 2.34. The van der Waals surface area contributed by atoms with E-state index in [1.165, 1.54) is 16.3 Å². The molecule has 0 spiro atoms. The van der Waals surface area contributed by atoms with Crippen LogP contribution in [0.1, 0.15) is 61.8 Å². The van der Waals surface area contributed by atoms with Crippen LogP contribution in [0.4, 0.5) is 0 Å². The summed E-state index contributed by atoms with van der Waals surface area (Å²) in [5.74, 6) is 0.572. The number of hydrogen-bond acceptors (Lipinski definition) is 3. The zero-order chi connectivity index (χ0) is 15.1. The first-order valence-electron chi connectivity index (χ1n) is 7.97. The Hall–Kier alpha value is -1.19. The molecule has 0 aliphatic carbocycles. The largest absolute Gasteiger partial charge is 0.310 e. The van der Waals surface area contributed by atoms with Crippen molar-refractivity contribution in [1.82, 2.24) is 10.3 Å². The molecule has 0 saturated carbocycles. The molecular formula is C18H26N2S. The van der Waals surface area contributed by atoms with E-state index < -0.39 is 0 Å². The first-order chi connectivity index (χ1) is 10.2. The lowest BCUT2D eigenvalue weighted by molar-refractivity contribution is 0.524. The molecular weight excluding hydrogens is 276 g/mol. The van der Waals surface area contributed by atoms with Gasteiger partial charge in [0.2, 0.25) is 0 Å². The van der Waals surface area contributed by atoms with Gasteiger partial charge < -0.3 is 5.32 Å². The van der Waals surface area contributed by atoms with Gasteiger partial charge in [-0.05, 0) is 24.9 Å². The Labute approximate surface area is 132 Å². The van der Waals surface area contributed by atoms with Crippen LogP contribution >= 0.6 is 11.3 Å². The van der Waals surface area contributed by atoms with Crippen LogP contribution in [-0.2, 0) is 6.42 Å². The van der Waals surface area contributed by atoms with Gasteiger partial charge in [0.15, 0.2) is 0 Å². The Bertz CT molecular complexity index is 521. The van der Waals surface area contributed by atoms with Crippen molar-refractivity contribution in [2.45, 2.75) is 52.0 Å². The standard InChI is InChI=1S/C18H26N2S/c1-4-11-19-17(15-9-7-6-8-10-15)12-16-13-21-18(20-16)14(3)5-2/h6-10,13-14,17,19H,4-5,11-12H2,1-3H3. The number of hydrogen-bond donors (Lipinski definition) is 1. The van der Waals surface area contributed by atoms with Crippen molar-refractivity contribution >= 4 is 11.3 Å². The summed E-state index contributed by atoms with van der Waals surface area (Å²) in [7, 11) is 0. The van der Waals surface area contributed by atoms with Gasteiger partial charge in [-0.15, -0.1) is 11.3 Å². The third kappa shape index (κ3) is 4.65. The lowest BCUT2D eigenvalue weighted by atomic mass is 10.0. The molecule has 0 fully saturated rings. The van der Waals surface area contributed by atoms with Crippen molar-refractivity contribution in [3.8, 4) is 0 Å². The Balaban J connectivity index is 2.09. The molecule has 2 aromatic rings. The van der Waals surface area contributed by atoms with E-state index in [9.17, 15) is 0 Å². The number of benzene rings is 1. The second-order valence-electron chi connectivity index (χ2n) is 5.61. The zero-order valence-corrected chi connectivity index (χ0v) is 14.1. The molecule has 2 unspecified atom stereocenters. The molecule has 2 nitrogen and oxygen atoms in total. The fourth-order valence-corrected chi connectivity index (χ4v) is 3.31. The number of aromatic nitrogens is 1. The third-order valence-corrected chi connectivity index (χ3v) is 4.98. The predicted molar refractivity (Wildman–Crippen MR) is 92.0 cm³/mol. The van der Waals surface area contributed by atoms with E-state index in [-0.39, 0.29) is 0 Å². The molecule has 0 radical (unpaired) electrons. The molecule has 1 aromatic carbocycles. The van der Waals surface area contributed by atoms with Gasteiger partial charge in [-0.1, -0.05) is 51.1 Å². The van der Waals surface area contributed by atoms with Gasteiger partial charge in [-0.3, -0.25) is 0 Å². The Morgan fingerprint density at radius 1 is 1.19 bits per heavy atom. The average Bonchev–Trinajstić information content (AvgIpc) is 3.00. The lowest BCUT2D eigenvalue weighted by Crippen LogP contribution is -2.24. The van der Waals surface area contributed by atoms with Crippen LogP contribution in [0.25, 0.3) is 0 Å². The molecule has 3 heteroatoms. The average molecular weight is 302 g/mol. The summed E-state index contributed by atoms with van der Waals surface area (Å²) in [6.45, 7) is 7.73. The van der Waals surface area contributed by atoms with E-state index in [4.69, 9.17) is 4.98 Å². The maximum Gasteiger partial charge on any atom is 0.0956 e. The summed E-state index contributed by atoms with van der Waals surface area (Å²) in [5, 5.41) is 7.15. The van der Waals surface area contributed by atoms with Gasteiger partial charge in [0, 0.05) is 23.8 Å². The number of rotatable bonds is 8. The van der Waals surface area contributed by atoms with Crippen LogP contribution in [0.3, 0.4) is 0 Å². The SMILES string of the molecule is CCCNC(Cc1csc(C(C)CC)n1)c1ccccc1. The van der Waals surface area contributed by atoms with Crippen LogP contribution in [0.5, 0.6) is 0 Å². The van der Waals surface area contributed by atoms with Gasteiger partial charge in [0.1, 0.15) is 0 Å². The summed E-state index contributed by atoms with van der Waals surface area (Å²) in [6.07, 6.45) is 3.28. The van der Waals surface area contributed by atoms with Gasteiger partial charge in [-0.2, -0.15) is 0 Å². The Morgan fingerprint density at radius 2 is 1.95 bits per heavy atom. The van der Waals surface area contributed by atoms with Crippen molar-refractivity contribution in [1.29, 1.82) is 0 Å². The normalized spacial score (nSPS) is 14.0. The molecule has 0 bridgehead atoms. The molecule has 0 aliphatic rings. The quantitative estimate of drug-likeness (QED) is 0.747. The van der Waals surface area contributed by atoms with Crippen LogP contribution in [0, 0.1) is 0 Å². The van der Waals surface area contributed by atoms with E-state index in [1.54, 1.807) is 11.3 Å². The van der Waals surface area contributed by atoms with Crippen LogP contribution in [0.15, 0.2) is 35.7 Å². The van der Waals surface area contributed by atoms with E-state index in [0.717, 1.165) is 25.8 Å². The van der Waals surface area contributed by atoms with Gasteiger partial charge in [-0.25, -0.2) is 4.98 Å². The maximum atomic E-state index is 4.83. The molecule has 1 heterocycles. The van der Waals surface area contributed by atoms with E-state index >= 15 is 0 Å². The number of nitrogens with zero attached hydrogens (tertiary/aromatic N) is 1. The summed E-state index contributed by atoms with van der Waals surface area (Å²) in [4.78, 5) is 4.83. The van der Waals surface area contributed by atoms with Crippen molar-refractivity contribution in [2.75, 3.05) is 6.54 Å². The van der Waals surface area contributed by atoms with Gasteiger partial charge in [0.05, 0.1) is 10.7 Å². The van der Waals surface area contributed by atoms with Crippen LogP contribution in [-0.4, -0.2) is 11.5 Å². The monoisotopic (exact) mass is 302 g/mol. The second-order valence-corrected chi connectivity index (χ2v) is 6.50. The highest BCUT2D eigenvalue weighted by Crippen LogP contribution is 2.25. The van der Waals surface area contributed by atoms with Crippen molar-refractivity contribution in [3.05, 3.63) is 52.0 Å². The van der Waals surface area contributed by atoms with Crippen molar-refractivity contribution in [3.63, 3.8) is 0 Å². The topological polar surface area (TPSA) is 24.9 Å². The molecule has 0 amide bonds. The molecule has 2 rings (SSSR count). The number of thiazole rings is 1. The summed E-state index contributed by atoms with van der Waals surface area (Å²) >= 11 is 1.80. The lowest BCUT2D eigenvalue weighted by Gasteiger charge is -2.18. The van der Waals surface area contributed by atoms with Crippen molar-refractivity contribution < 1.29 is 0 Å². The molecule has 1 N–H and O–H groups in total. The summed E-state index contributed by atoms with van der Waals surface area (Å²) in [5.41, 5.74) is 2.57. The van der Waals surface area contributed by atoms with Crippen molar-refractivity contribution in [2.24, 2.45) is 0 Å². The highest BCUT2D eigenvalue weighted by atomic mass is 32.1. The molecule has 21 heavy (non-hydrogen) atoms. The predicted octanol–water partition coefficient (Wildman–Crippen LogP) is 4.94. The van der Waals surface area contributed by atoms with Crippen LogP contribution in [0.2, 0.25) is 0 Å². The zero-order valence-electron chi connectivity index (χ0n) is 13.3. The molecule has 0 saturated heterocycles. The Morgan fingerprint density at radius 3 is 2.62 bits per heavy atom. The van der Waals surface area contributed by atoms with Crippen LogP contribution < -0.4 is 5.32 Å². The number of nitrogens with one attached hydrogen (secondary N) is 1. The first-order valence-corrected chi connectivity index (χ1v) is 8.85. The minimum atomic E-state index is 0.359. The molecule has 2 atom stereocenters. The maximum absolute atomic E-state index is 4.83. The van der Waals surface area contributed by atoms with Gasteiger partial charge >= 0.3 is 0 Å². The minimum absolute atomic E-state index is 0.359. The Kier molecular flexibility index (Phi) is 6.40. The molecule has 114 valence electrons. The second kappa shape index (κ2) is 8.30. The first kappa shape index (κ1) is 16.2. The van der Waals surface area contributed by atoms with Gasteiger partial charge in [0.25, 0.3) is 0 Å². The highest BCUT2D eigenvalue weighted by molar-refractivity contribution is 7.09. The minimum Gasteiger partial charge on any atom is -0.310 e. The molecule has 0 aliphatic heterocycles. The van der Waals surface area contributed by atoms with E-state index in [2.05, 4.69) is 61.8 Å². The highest BCUT2D eigenvalue weighted by Gasteiger charge is 2.15. The fraction of sp³-hybridized carbons (Fsp3) is 0.500. The summed E-state index contributed by atoms with van der Waals surface area (Å²) in [6, 6.07) is 11.1. The summed E-state index contributed by atoms with van der Waals surface area (Å²) < 4.78 is 0. The van der Waals surface area contributed by atoms with E-state index in [0.29, 0.717) is 12.0 Å². The van der Waals surface area contributed by atoms with E-state index in [1.807, 2.05) is 0 Å². The third-order valence-electron chi connectivity index (χ3n) is 3.86.